The molecule has 2 rings (SSSR count). The second-order valence-corrected chi connectivity index (χ2v) is 4.46. The molecule has 1 atom stereocenters. The van der Waals surface area contributed by atoms with Gasteiger partial charge in [0, 0.05) is 7.05 Å². The average Bonchev–Trinajstić information content (AvgIpc) is 2.27. The average molecular weight is 221 g/mol. The van der Waals surface area contributed by atoms with Crippen molar-refractivity contribution in [3.05, 3.63) is 23.8 Å². The zero-order chi connectivity index (χ0) is 11.5. The summed E-state index contributed by atoms with van der Waals surface area (Å²) < 4.78 is 5.58. The Morgan fingerprint density at radius 2 is 2.31 bits per heavy atom. The van der Waals surface area contributed by atoms with Crippen molar-refractivity contribution in [3.8, 4) is 5.75 Å². The van der Waals surface area contributed by atoms with Gasteiger partial charge in [0.2, 0.25) is 0 Å². The maximum Gasteiger partial charge on any atom is 0.142 e. The molecule has 0 spiro atoms. The van der Waals surface area contributed by atoms with E-state index in [4.69, 9.17) is 4.74 Å². The molecule has 0 bridgehead atoms. The highest BCUT2D eigenvalue weighted by Gasteiger charge is 2.14. The van der Waals surface area contributed by atoms with Crippen LogP contribution in [0.4, 0.5) is 5.69 Å². The van der Waals surface area contributed by atoms with E-state index < -0.39 is 0 Å². The Morgan fingerprint density at radius 1 is 1.50 bits per heavy atom. The standard InChI is InChI=1S/C13H19NO2/c1-10(15)3-4-11-5-6-13-12(9-11)14(2)7-8-16-13/h5-6,9-10,15H,3-4,7-8H2,1-2H3/t10-/m0/s1. The Labute approximate surface area is 96.6 Å². The van der Waals surface area contributed by atoms with Gasteiger partial charge in [-0.05, 0) is 37.5 Å². The van der Waals surface area contributed by atoms with Gasteiger partial charge in [-0.1, -0.05) is 6.07 Å². The summed E-state index contributed by atoms with van der Waals surface area (Å²) >= 11 is 0. The van der Waals surface area contributed by atoms with Crippen LogP contribution in [0.2, 0.25) is 0 Å². The van der Waals surface area contributed by atoms with E-state index >= 15 is 0 Å². The lowest BCUT2D eigenvalue weighted by Gasteiger charge is -2.28. The molecule has 0 saturated carbocycles. The van der Waals surface area contributed by atoms with Crippen molar-refractivity contribution < 1.29 is 9.84 Å². The van der Waals surface area contributed by atoms with Crippen molar-refractivity contribution in [2.24, 2.45) is 0 Å². The summed E-state index contributed by atoms with van der Waals surface area (Å²) in [4.78, 5) is 2.21. The van der Waals surface area contributed by atoms with Crippen LogP contribution in [0.3, 0.4) is 0 Å². The maximum atomic E-state index is 9.27. The van der Waals surface area contributed by atoms with E-state index in [1.54, 1.807) is 0 Å². The maximum absolute atomic E-state index is 9.27. The van der Waals surface area contributed by atoms with Crippen LogP contribution >= 0.6 is 0 Å². The minimum Gasteiger partial charge on any atom is -0.490 e. The number of likely N-dealkylation sites (N-methyl/N-ethyl adjacent to an activating group) is 1. The molecule has 0 aliphatic carbocycles. The highest BCUT2D eigenvalue weighted by atomic mass is 16.5. The molecule has 0 unspecified atom stereocenters. The number of ether oxygens (including phenoxy) is 1. The molecule has 16 heavy (non-hydrogen) atoms. The third-order valence-electron chi connectivity index (χ3n) is 2.97. The molecule has 0 saturated heterocycles. The topological polar surface area (TPSA) is 32.7 Å². The monoisotopic (exact) mass is 221 g/mol. The molecular weight excluding hydrogens is 202 g/mol. The van der Waals surface area contributed by atoms with Crippen molar-refractivity contribution >= 4 is 5.69 Å². The Balaban J connectivity index is 2.14. The lowest BCUT2D eigenvalue weighted by Crippen LogP contribution is -2.28. The van der Waals surface area contributed by atoms with E-state index in [1.165, 1.54) is 5.56 Å². The van der Waals surface area contributed by atoms with E-state index in [9.17, 15) is 5.11 Å². The normalized spacial score (nSPS) is 16.6. The quantitative estimate of drug-likeness (QED) is 0.845. The van der Waals surface area contributed by atoms with Crippen molar-refractivity contribution in [3.63, 3.8) is 0 Å². The highest BCUT2D eigenvalue weighted by molar-refractivity contribution is 5.60. The molecule has 3 nitrogen and oxygen atoms in total. The molecule has 0 radical (unpaired) electrons. The van der Waals surface area contributed by atoms with Crippen molar-refractivity contribution in [1.29, 1.82) is 0 Å². The van der Waals surface area contributed by atoms with Crippen LogP contribution in [0.1, 0.15) is 18.9 Å². The van der Waals surface area contributed by atoms with E-state index in [-0.39, 0.29) is 6.10 Å². The first kappa shape index (κ1) is 11.3. The van der Waals surface area contributed by atoms with Crippen LogP contribution in [0.25, 0.3) is 0 Å². The molecule has 0 amide bonds. The van der Waals surface area contributed by atoms with Gasteiger partial charge in [-0.2, -0.15) is 0 Å². The fourth-order valence-electron chi connectivity index (χ4n) is 1.93. The third-order valence-corrected chi connectivity index (χ3v) is 2.97. The SMILES string of the molecule is C[C@H](O)CCc1ccc2c(c1)N(C)CCO2. The number of rotatable bonds is 3. The molecular formula is C13H19NO2. The predicted octanol–water partition coefficient (Wildman–Crippen LogP) is 1.83. The van der Waals surface area contributed by atoms with E-state index in [0.29, 0.717) is 0 Å². The molecule has 1 N–H and O–H groups in total. The van der Waals surface area contributed by atoms with Gasteiger partial charge < -0.3 is 14.7 Å². The summed E-state index contributed by atoms with van der Waals surface area (Å²) in [6.07, 6.45) is 1.49. The molecule has 1 heterocycles. The smallest absolute Gasteiger partial charge is 0.142 e. The Hall–Kier alpha value is -1.22. The fourth-order valence-corrected chi connectivity index (χ4v) is 1.93. The minimum absolute atomic E-state index is 0.231. The highest BCUT2D eigenvalue weighted by Crippen LogP contribution is 2.31. The molecule has 88 valence electrons. The molecule has 1 aliphatic heterocycles. The Kier molecular flexibility index (Phi) is 3.34. The number of hydrogen-bond donors (Lipinski definition) is 1. The lowest BCUT2D eigenvalue weighted by atomic mass is 10.1. The first-order chi connectivity index (χ1) is 7.66. The molecule has 1 aromatic carbocycles. The number of fused-ring (bicyclic) bond motifs is 1. The number of nitrogens with zero attached hydrogens (tertiary/aromatic N) is 1. The van der Waals surface area contributed by atoms with Gasteiger partial charge in [0.05, 0.1) is 18.3 Å². The molecule has 1 aliphatic rings. The number of aryl methyl sites for hydroxylation is 1. The van der Waals surface area contributed by atoms with Gasteiger partial charge >= 0.3 is 0 Å². The predicted molar refractivity (Wildman–Crippen MR) is 65.2 cm³/mol. The number of aliphatic hydroxyl groups is 1. The van der Waals surface area contributed by atoms with Gasteiger partial charge in [-0.15, -0.1) is 0 Å². The number of aliphatic hydroxyl groups excluding tert-OH is 1. The second kappa shape index (κ2) is 4.74. The van der Waals surface area contributed by atoms with Gasteiger partial charge in [0.25, 0.3) is 0 Å². The largest absolute Gasteiger partial charge is 0.490 e. The third kappa shape index (κ3) is 2.47. The number of anilines is 1. The molecule has 3 heteroatoms. The summed E-state index contributed by atoms with van der Waals surface area (Å²) in [7, 11) is 2.08. The first-order valence-corrected chi connectivity index (χ1v) is 5.82. The summed E-state index contributed by atoms with van der Waals surface area (Å²) in [5.74, 6) is 0.967. The second-order valence-electron chi connectivity index (χ2n) is 4.46. The summed E-state index contributed by atoms with van der Waals surface area (Å²) in [5, 5.41) is 9.27. The van der Waals surface area contributed by atoms with Crippen molar-refractivity contribution in [2.45, 2.75) is 25.9 Å². The molecule has 0 aromatic heterocycles. The molecule has 1 aromatic rings. The van der Waals surface area contributed by atoms with Crippen LogP contribution in [0, 0.1) is 0 Å². The van der Waals surface area contributed by atoms with Gasteiger partial charge in [-0.25, -0.2) is 0 Å². The zero-order valence-corrected chi connectivity index (χ0v) is 9.94. The number of benzene rings is 1. The van der Waals surface area contributed by atoms with Gasteiger partial charge in [0.15, 0.2) is 0 Å². The van der Waals surface area contributed by atoms with Crippen molar-refractivity contribution in [1.82, 2.24) is 0 Å². The Bertz CT molecular complexity index is 363. The summed E-state index contributed by atoms with van der Waals surface area (Å²) in [5.41, 5.74) is 2.42. The van der Waals surface area contributed by atoms with E-state index in [2.05, 4.69) is 24.1 Å². The zero-order valence-electron chi connectivity index (χ0n) is 9.94. The fraction of sp³-hybridized carbons (Fsp3) is 0.538. The van der Waals surface area contributed by atoms with Crippen LogP contribution in [0.5, 0.6) is 5.75 Å². The summed E-state index contributed by atoms with van der Waals surface area (Å²) in [6, 6.07) is 6.28. The minimum atomic E-state index is -0.231. The van der Waals surface area contributed by atoms with E-state index in [1.807, 2.05) is 13.0 Å². The Morgan fingerprint density at radius 3 is 3.06 bits per heavy atom. The van der Waals surface area contributed by atoms with Gasteiger partial charge in [0.1, 0.15) is 12.4 Å². The first-order valence-electron chi connectivity index (χ1n) is 5.82. The van der Waals surface area contributed by atoms with Gasteiger partial charge in [-0.3, -0.25) is 0 Å². The van der Waals surface area contributed by atoms with Crippen molar-refractivity contribution in [2.75, 3.05) is 25.1 Å². The molecule has 0 fully saturated rings. The van der Waals surface area contributed by atoms with Crippen LogP contribution in [0.15, 0.2) is 18.2 Å². The number of hydrogen-bond acceptors (Lipinski definition) is 3. The van der Waals surface area contributed by atoms with Crippen LogP contribution in [-0.4, -0.2) is 31.4 Å². The van der Waals surface area contributed by atoms with Crippen LogP contribution in [-0.2, 0) is 6.42 Å². The van der Waals surface area contributed by atoms with E-state index in [0.717, 1.165) is 37.4 Å². The summed E-state index contributed by atoms with van der Waals surface area (Å²) in [6.45, 7) is 3.52. The lowest BCUT2D eigenvalue weighted by molar-refractivity contribution is 0.185. The van der Waals surface area contributed by atoms with Crippen LogP contribution < -0.4 is 9.64 Å².